The molecule has 0 saturated carbocycles. The summed E-state index contributed by atoms with van der Waals surface area (Å²) in [5.74, 6) is 0. The van der Waals surface area contributed by atoms with E-state index >= 15 is 0 Å². The minimum atomic E-state index is -3.52. The molecule has 1 saturated heterocycles. The number of hydrogen-bond donors (Lipinski definition) is 2. The van der Waals surface area contributed by atoms with E-state index < -0.39 is 10.2 Å². The lowest BCUT2D eigenvalue weighted by Crippen LogP contribution is -2.35. The van der Waals surface area contributed by atoms with E-state index in [1.54, 1.807) is 24.3 Å². The Morgan fingerprint density at radius 2 is 1.52 bits per heavy atom. The number of urea groups is 1. The summed E-state index contributed by atoms with van der Waals surface area (Å²) in [5.41, 5.74) is 1.10. The maximum absolute atomic E-state index is 12.2. The van der Waals surface area contributed by atoms with Crippen molar-refractivity contribution in [1.82, 2.24) is 9.21 Å². The smallest absolute Gasteiger partial charge is 0.321 e. The van der Waals surface area contributed by atoms with E-state index in [0.717, 1.165) is 30.2 Å². The molecule has 23 heavy (non-hydrogen) atoms. The lowest BCUT2D eigenvalue weighted by atomic mass is 10.2. The highest BCUT2D eigenvalue weighted by Crippen LogP contribution is 2.17. The Labute approximate surface area is 137 Å². The molecule has 1 aromatic rings. The first-order chi connectivity index (χ1) is 10.9. The minimum absolute atomic E-state index is 0.103. The zero-order valence-corrected chi connectivity index (χ0v) is 14.4. The summed E-state index contributed by atoms with van der Waals surface area (Å²) < 4.78 is 27.0. The number of nitrogens with one attached hydrogen (secondary N) is 2. The van der Waals surface area contributed by atoms with Gasteiger partial charge in [0.25, 0.3) is 0 Å². The molecule has 0 atom stereocenters. The lowest BCUT2D eigenvalue weighted by molar-refractivity contribution is 0.214. The Balaban J connectivity index is 1.95. The van der Waals surface area contributed by atoms with Gasteiger partial charge in [0.15, 0.2) is 0 Å². The molecule has 1 heterocycles. The molecule has 0 spiro atoms. The summed E-state index contributed by atoms with van der Waals surface area (Å²) in [6.45, 7) is 1.57. The van der Waals surface area contributed by atoms with Gasteiger partial charge in [-0.1, -0.05) is 12.8 Å². The fourth-order valence-corrected chi connectivity index (χ4v) is 2.95. The van der Waals surface area contributed by atoms with Crippen LogP contribution in [0.4, 0.5) is 16.2 Å². The first-order valence-electron chi connectivity index (χ1n) is 7.75. The van der Waals surface area contributed by atoms with Crippen LogP contribution in [0.1, 0.15) is 25.7 Å². The van der Waals surface area contributed by atoms with E-state index in [4.69, 9.17) is 0 Å². The van der Waals surface area contributed by atoms with Gasteiger partial charge in [-0.2, -0.15) is 12.7 Å². The average Bonchev–Trinajstić information content (AvgIpc) is 2.78. The number of carbonyl (C=O) groups excluding carboxylic acids is 1. The predicted octanol–water partition coefficient (Wildman–Crippen LogP) is 2.31. The standard InChI is InChI=1S/C15H24N4O3S/c1-18(2)23(21,22)17-14-9-7-13(8-10-14)16-15(20)19-11-5-3-4-6-12-19/h7-10,17H,3-6,11-12H2,1-2H3,(H,16,20). The molecule has 1 fully saturated rings. The van der Waals surface area contributed by atoms with Crippen LogP contribution >= 0.6 is 0 Å². The molecule has 1 aliphatic heterocycles. The van der Waals surface area contributed by atoms with Crippen LogP contribution in [0.2, 0.25) is 0 Å². The fraction of sp³-hybridized carbons (Fsp3) is 0.533. The normalized spacial score (nSPS) is 16.0. The molecule has 7 nitrogen and oxygen atoms in total. The third-order valence-electron chi connectivity index (χ3n) is 3.76. The summed E-state index contributed by atoms with van der Waals surface area (Å²) in [4.78, 5) is 14.0. The molecule has 8 heteroatoms. The molecule has 0 radical (unpaired) electrons. The molecular formula is C15H24N4O3S. The van der Waals surface area contributed by atoms with Gasteiger partial charge >= 0.3 is 16.2 Å². The van der Waals surface area contributed by atoms with Gasteiger partial charge in [0, 0.05) is 38.6 Å². The molecule has 0 unspecified atom stereocenters. The van der Waals surface area contributed by atoms with Crippen LogP contribution < -0.4 is 10.0 Å². The second kappa shape index (κ2) is 7.65. The van der Waals surface area contributed by atoms with Crippen molar-refractivity contribution in [2.75, 3.05) is 37.2 Å². The first-order valence-corrected chi connectivity index (χ1v) is 9.19. The fourth-order valence-electron chi connectivity index (χ4n) is 2.34. The first kappa shape index (κ1) is 17.6. The van der Waals surface area contributed by atoms with Gasteiger partial charge in [0.2, 0.25) is 0 Å². The van der Waals surface area contributed by atoms with E-state index in [1.165, 1.54) is 26.9 Å². The topological polar surface area (TPSA) is 81.8 Å². The number of hydrogen-bond acceptors (Lipinski definition) is 3. The van der Waals surface area contributed by atoms with Gasteiger partial charge in [-0.25, -0.2) is 4.79 Å². The van der Waals surface area contributed by atoms with Crippen LogP contribution in [0.15, 0.2) is 24.3 Å². The predicted molar refractivity (Wildman–Crippen MR) is 91.7 cm³/mol. The second-order valence-corrected chi connectivity index (χ2v) is 7.68. The molecule has 1 aliphatic rings. The lowest BCUT2D eigenvalue weighted by Gasteiger charge is -2.21. The van der Waals surface area contributed by atoms with Crippen LogP contribution in [0.5, 0.6) is 0 Å². The van der Waals surface area contributed by atoms with Crippen LogP contribution in [-0.2, 0) is 10.2 Å². The van der Waals surface area contributed by atoms with Crippen molar-refractivity contribution in [3.63, 3.8) is 0 Å². The molecule has 0 aromatic heterocycles. The molecule has 2 N–H and O–H groups in total. The second-order valence-electron chi connectivity index (χ2n) is 5.80. The van der Waals surface area contributed by atoms with Gasteiger partial charge < -0.3 is 10.2 Å². The van der Waals surface area contributed by atoms with Gasteiger partial charge in [0.1, 0.15) is 0 Å². The van der Waals surface area contributed by atoms with Crippen molar-refractivity contribution in [2.45, 2.75) is 25.7 Å². The Hall–Kier alpha value is -1.80. The van der Waals surface area contributed by atoms with Crippen molar-refractivity contribution in [3.05, 3.63) is 24.3 Å². The molecular weight excluding hydrogens is 316 g/mol. The number of likely N-dealkylation sites (tertiary alicyclic amines) is 1. The third-order valence-corrected chi connectivity index (χ3v) is 5.21. The van der Waals surface area contributed by atoms with Crippen molar-refractivity contribution in [2.24, 2.45) is 0 Å². The molecule has 128 valence electrons. The number of carbonyl (C=O) groups is 1. The van der Waals surface area contributed by atoms with E-state index in [2.05, 4.69) is 10.0 Å². The number of rotatable bonds is 4. The van der Waals surface area contributed by atoms with Gasteiger partial charge in [-0.3, -0.25) is 4.72 Å². The van der Waals surface area contributed by atoms with E-state index in [1.807, 2.05) is 4.90 Å². The maximum Gasteiger partial charge on any atom is 0.321 e. The third kappa shape index (κ3) is 5.11. The summed E-state index contributed by atoms with van der Waals surface area (Å²) in [6, 6.07) is 6.51. The number of benzene rings is 1. The monoisotopic (exact) mass is 340 g/mol. The van der Waals surface area contributed by atoms with E-state index in [0.29, 0.717) is 11.4 Å². The molecule has 2 amide bonds. The van der Waals surface area contributed by atoms with E-state index in [9.17, 15) is 13.2 Å². The highest BCUT2D eigenvalue weighted by Gasteiger charge is 2.16. The highest BCUT2D eigenvalue weighted by molar-refractivity contribution is 7.90. The van der Waals surface area contributed by atoms with Crippen molar-refractivity contribution < 1.29 is 13.2 Å². The van der Waals surface area contributed by atoms with Gasteiger partial charge in [-0.05, 0) is 37.1 Å². The average molecular weight is 340 g/mol. The maximum atomic E-state index is 12.2. The van der Waals surface area contributed by atoms with Crippen LogP contribution in [-0.4, -0.2) is 50.8 Å². The Bertz CT molecular complexity index is 621. The summed E-state index contributed by atoms with van der Waals surface area (Å²) >= 11 is 0. The van der Waals surface area contributed by atoms with Gasteiger partial charge in [0.05, 0.1) is 0 Å². The quantitative estimate of drug-likeness (QED) is 0.882. The minimum Gasteiger partial charge on any atom is -0.325 e. The zero-order chi connectivity index (χ0) is 16.9. The number of nitrogens with zero attached hydrogens (tertiary/aromatic N) is 2. The molecule has 0 bridgehead atoms. The van der Waals surface area contributed by atoms with Crippen LogP contribution in [0, 0.1) is 0 Å². The molecule has 1 aromatic carbocycles. The number of anilines is 2. The Morgan fingerprint density at radius 1 is 1.00 bits per heavy atom. The highest BCUT2D eigenvalue weighted by atomic mass is 32.2. The number of amides is 2. The van der Waals surface area contributed by atoms with Gasteiger partial charge in [-0.15, -0.1) is 0 Å². The van der Waals surface area contributed by atoms with Crippen molar-refractivity contribution >= 4 is 27.6 Å². The van der Waals surface area contributed by atoms with E-state index in [-0.39, 0.29) is 6.03 Å². The SMILES string of the molecule is CN(C)S(=O)(=O)Nc1ccc(NC(=O)N2CCCCCC2)cc1. The summed E-state index contributed by atoms with van der Waals surface area (Å²) in [6.07, 6.45) is 4.42. The Kier molecular flexibility index (Phi) is 5.84. The van der Waals surface area contributed by atoms with Crippen molar-refractivity contribution in [3.8, 4) is 0 Å². The van der Waals surface area contributed by atoms with Crippen LogP contribution in [0.25, 0.3) is 0 Å². The zero-order valence-electron chi connectivity index (χ0n) is 13.6. The largest absolute Gasteiger partial charge is 0.325 e. The summed E-state index contributed by atoms with van der Waals surface area (Å²) in [5, 5.41) is 2.85. The molecule has 0 aliphatic carbocycles. The Morgan fingerprint density at radius 3 is 2.04 bits per heavy atom. The summed E-state index contributed by atoms with van der Waals surface area (Å²) in [7, 11) is -0.608. The molecule has 2 rings (SSSR count). The van der Waals surface area contributed by atoms with Crippen molar-refractivity contribution in [1.29, 1.82) is 0 Å². The van der Waals surface area contributed by atoms with Crippen LogP contribution in [0.3, 0.4) is 0 Å².